The number of rotatable bonds is 6. The van der Waals surface area contributed by atoms with Gasteiger partial charge in [0.1, 0.15) is 17.0 Å². The van der Waals surface area contributed by atoms with Crippen LogP contribution in [0.5, 0.6) is 11.5 Å². The van der Waals surface area contributed by atoms with Crippen LogP contribution in [0.3, 0.4) is 0 Å². The Labute approximate surface area is 161 Å². The number of methoxy groups -OCH3 is 1. The van der Waals surface area contributed by atoms with E-state index in [9.17, 15) is 5.11 Å². The van der Waals surface area contributed by atoms with Gasteiger partial charge in [-0.2, -0.15) is 10.1 Å². The van der Waals surface area contributed by atoms with Crippen molar-refractivity contribution >= 4 is 34.2 Å². The summed E-state index contributed by atoms with van der Waals surface area (Å²) in [5.41, 5.74) is 5.92. The van der Waals surface area contributed by atoms with E-state index in [-0.39, 0.29) is 11.7 Å². The number of para-hydroxylation sites is 1. The molecule has 2 heterocycles. The van der Waals surface area contributed by atoms with E-state index in [0.29, 0.717) is 11.3 Å². The fraction of sp³-hybridized carbons (Fsp3) is 0.200. The van der Waals surface area contributed by atoms with Crippen molar-refractivity contribution in [3.63, 3.8) is 0 Å². The third-order valence-electron chi connectivity index (χ3n) is 4.42. The second-order valence-corrected chi connectivity index (χ2v) is 6.27. The predicted octanol–water partition coefficient (Wildman–Crippen LogP) is 3.55. The zero-order valence-corrected chi connectivity index (χ0v) is 15.6. The summed E-state index contributed by atoms with van der Waals surface area (Å²) in [5.74, 6) is 1.01. The van der Waals surface area contributed by atoms with Crippen LogP contribution in [0.1, 0.15) is 18.9 Å². The third-order valence-corrected chi connectivity index (χ3v) is 4.42. The highest BCUT2D eigenvalue weighted by atomic mass is 16.5. The maximum atomic E-state index is 9.92. The van der Waals surface area contributed by atoms with E-state index in [2.05, 4.69) is 43.3 Å². The lowest BCUT2D eigenvalue weighted by Gasteiger charge is -2.05. The molecule has 4 rings (SSSR count). The van der Waals surface area contributed by atoms with E-state index in [1.54, 1.807) is 25.3 Å². The van der Waals surface area contributed by atoms with Crippen LogP contribution in [-0.2, 0) is 6.54 Å². The van der Waals surface area contributed by atoms with Crippen LogP contribution in [0.2, 0.25) is 0 Å². The van der Waals surface area contributed by atoms with Gasteiger partial charge in [0.2, 0.25) is 0 Å². The number of aromatic hydroxyl groups is 1. The molecule has 142 valence electrons. The number of hydrazone groups is 1. The molecule has 0 saturated carbocycles. The molecular formula is C20H20N6O2. The first kappa shape index (κ1) is 17.7. The van der Waals surface area contributed by atoms with Gasteiger partial charge < -0.3 is 14.4 Å². The summed E-state index contributed by atoms with van der Waals surface area (Å²) in [4.78, 5) is 4.60. The standard InChI is InChI=1S/C20H20N6O2/c1-3-10-26-16-7-5-4-6-15(16)18-19(26)22-20(25-23-18)24-21-12-13-11-14(28-2)8-9-17(13)27/h4-9,11-12,27H,3,10H2,1-2H3,(H,22,24,25)/b21-12+. The first-order chi connectivity index (χ1) is 13.7. The highest BCUT2D eigenvalue weighted by Crippen LogP contribution is 2.26. The number of aryl methyl sites for hydroxylation is 1. The van der Waals surface area contributed by atoms with Crippen LogP contribution in [-0.4, -0.2) is 38.2 Å². The molecule has 0 spiro atoms. The van der Waals surface area contributed by atoms with E-state index < -0.39 is 0 Å². The monoisotopic (exact) mass is 376 g/mol. The van der Waals surface area contributed by atoms with Gasteiger partial charge in [-0.25, -0.2) is 5.43 Å². The molecule has 4 aromatic rings. The Morgan fingerprint density at radius 1 is 1.21 bits per heavy atom. The van der Waals surface area contributed by atoms with Crippen LogP contribution in [0, 0.1) is 0 Å². The van der Waals surface area contributed by atoms with Gasteiger partial charge in [0.25, 0.3) is 5.95 Å². The van der Waals surface area contributed by atoms with Gasteiger partial charge >= 0.3 is 0 Å². The fourth-order valence-corrected chi connectivity index (χ4v) is 3.12. The van der Waals surface area contributed by atoms with E-state index >= 15 is 0 Å². The molecule has 0 saturated heterocycles. The topological polar surface area (TPSA) is 97.5 Å². The summed E-state index contributed by atoms with van der Waals surface area (Å²) in [6, 6.07) is 13.0. The lowest BCUT2D eigenvalue weighted by atomic mass is 10.2. The molecule has 0 aliphatic carbocycles. The number of fused-ring (bicyclic) bond motifs is 3. The Hall–Kier alpha value is -3.68. The molecule has 28 heavy (non-hydrogen) atoms. The number of benzene rings is 2. The first-order valence-electron chi connectivity index (χ1n) is 8.99. The lowest BCUT2D eigenvalue weighted by molar-refractivity contribution is 0.412. The predicted molar refractivity (Wildman–Crippen MR) is 109 cm³/mol. The molecule has 0 fully saturated rings. The molecule has 2 aromatic carbocycles. The fourth-order valence-electron chi connectivity index (χ4n) is 3.12. The molecule has 8 nitrogen and oxygen atoms in total. The molecular weight excluding hydrogens is 356 g/mol. The van der Waals surface area contributed by atoms with E-state index in [4.69, 9.17) is 4.74 Å². The largest absolute Gasteiger partial charge is 0.507 e. The number of hydrogen-bond donors (Lipinski definition) is 2. The van der Waals surface area contributed by atoms with Crippen molar-refractivity contribution in [2.45, 2.75) is 19.9 Å². The number of aromatic nitrogens is 4. The van der Waals surface area contributed by atoms with Gasteiger partial charge in [0, 0.05) is 17.5 Å². The number of anilines is 1. The Kier molecular flexibility index (Phi) is 4.76. The SMILES string of the molecule is CCCn1c2ccccc2c2nnc(N/N=C/c3cc(OC)ccc3O)nc21. The molecule has 0 radical (unpaired) electrons. The minimum Gasteiger partial charge on any atom is -0.507 e. The van der Waals surface area contributed by atoms with Crippen LogP contribution in [0.15, 0.2) is 47.6 Å². The minimum atomic E-state index is 0.101. The van der Waals surface area contributed by atoms with E-state index in [0.717, 1.165) is 35.0 Å². The second-order valence-electron chi connectivity index (χ2n) is 6.27. The van der Waals surface area contributed by atoms with E-state index in [1.165, 1.54) is 6.21 Å². The number of phenols is 1. The normalized spacial score (nSPS) is 11.5. The van der Waals surface area contributed by atoms with Gasteiger partial charge in [0.15, 0.2) is 5.65 Å². The summed E-state index contributed by atoms with van der Waals surface area (Å²) in [5, 5.41) is 23.5. The maximum Gasteiger partial charge on any atom is 0.265 e. The molecule has 8 heteroatoms. The molecule has 0 aliphatic rings. The molecule has 0 aliphatic heterocycles. The van der Waals surface area contributed by atoms with Crippen molar-refractivity contribution in [1.29, 1.82) is 0 Å². The first-order valence-corrected chi connectivity index (χ1v) is 8.99. The quantitative estimate of drug-likeness (QED) is 0.394. The van der Waals surface area contributed by atoms with Crippen LogP contribution in [0.25, 0.3) is 22.1 Å². The van der Waals surface area contributed by atoms with Crippen LogP contribution >= 0.6 is 0 Å². The smallest absolute Gasteiger partial charge is 0.265 e. The summed E-state index contributed by atoms with van der Waals surface area (Å²) in [6.07, 6.45) is 2.46. The molecule has 2 aromatic heterocycles. The van der Waals surface area contributed by atoms with Gasteiger partial charge in [-0.15, -0.1) is 10.2 Å². The number of ether oxygens (including phenoxy) is 1. The zero-order chi connectivity index (χ0) is 19.5. The lowest BCUT2D eigenvalue weighted by Crippen LogP contribution is -2.03. The van der Waals surface area contributed by atoms with Crippen molar-refractivity contribution in [2.75, 3.05) is 12.5 Å². The summed E-state index contributed by atoms with van der Waals surface area (Å²) in [6.45, 7) is 2.96. The van der Waals surface area contributed by atoms with Crippen molar-refractivity contribution in [2.24, 2.45) is 5.10 Å². The summed E-state index contributed by atoms with van der Waals surface area (Å²) >= 11 is 0. The summed E-state index contributed by atoms with van der Waals surface area (Å²) in [7, 11) is 1.57. The third kappa shape index (κ3) is 3.20. The second kappa shape index (κ2) is 7.51. The van der Waals surface area contributed by atoms with Crippen molar-refractivity contribution in [3.8, 4) is 11.5 Å². The molecule has 0 unspecified atom stereocenters. The molecule has 0 atom stereocenters. The van der Waals surface area contributed by atoms with Gasteiger partial charge in [-0.1, -0.05) is 25.1 Å². The Bertz CT molecular complexity index is 1170. The van der Waals surface area contributed by atoms with Crippen molar-refractivity contribution in [1.82, 2.24) is 19.7 Å². The Balaban J connectivity index is 1.67. The van der Waals surface area contributed by atoms with E-state index in [1.807, 2.05) is 18.2 Å². The number of phenolic OH excluding ortho intramolecular Hbond substituents is 1. The van der Waals surface area contributed by atoms with Crippen molar-refractivity contribution in [3.05, 3.63) is 48.0 Å². The number of nitrogens with zero attached hydrogens (tertiary/aromatic N) is 5. The molecule has 0 amide bonds. The van der Waals surface area contributed by atoms with Crippen molar-refractivity contribution < 1.29 is 9.84 Å². The average Bonchev–Trinajstić information content (AvgIpc) is 3.03. The van der Waals surface area contributed by atoms with Gasteiger partial charge in [-0.3, -0.25) is 0 Å². The zero-order valence-electron chi connectivity index (χ0n) is 15.6. The van der Waals surface area contributed by atoms with Gasteiger partial charge in [-0.05, 0) is 30.7 Å². The number of hydrogen-bond acceptors (Lipinski definition) is 7. The number of nitrogens with one attached hydrogen (secondary N) is 1. The average molecular weight is 376 g/mol. The highest BCUT2D eigenvalue weighted by molar-refractivity contribution is 6.04. The van der Waals surface area contributed by atoms with Crippen LogP contribution < -0.4 is 10.2 Å². The highest BCUT2D eigenvalue weighted by Gasteiger charge is 2.13. The Morgan fingerprint density at radius 3 is 2.89 bits per heavy atom. The maximum absolute atomic E-state index is 9.92. The Morgan fingerprint density at radius 2 is 2.07 bits per heavy atom. The molecule has 2 N–H and O–H groups in total. The summed E-state index contributed by atoms with van der Waals surface area (Å²) < 4.78 is 7.30. The van der Waals surface area contributed by atoms with Gasteiger partial charge in [0.05, 0.1) is 18.8 Å². The van der Waals surface area contributed by atoms with Crippen LogP contribution in [0.4, 0.5) is 5.95 Å². The minimum absolute atomic E-state index is 0.101. The molecule has 0 bridgehead atoms.